The van der Waals surface area contributed by atoms with Crippen LogP contribution in [0.5, 0.6) is 0 Å². The zero-order chi connectivity index (χ0) is 15.8. The fourth-order valence-corrected chi connectivity index (χ4v) is 7.18. The minimum atomic E-state index is 0.258. The lowest BCUT2D eigenvalue weighted by Gasteiger charge is -2.28. The van der Waals surface area contributed by atoms with Crippen molar-refractivity contribution in [1.82, 2.24) is 0 Å². The average Bonchev–Trinajstić information content (AvgIpc) is 3.07. The number of hydrogen-bond donors (Lipinski definition) is 1. The first-order valence-corrected chi connectivity index (χ1v) is 11.0. The summed E-state index contributed by atoms with van der Waals surface area (Å²) < 4.78 is 0. The molecule has 0 amide bonds. The minimum absolute atomic E-state index is 0.258. The summed E-state index contributed by atoms with van der Waals surface area (Å²) in [6.45, 7) is 0. The van der Waals surface area contributed by atoms with Crippen LogP contribution >= 0.6 is 0 Å². The van der Waals surface area contributed by atoms with Gasteiger partial charge < -0.3 is 5.73 Å². The van der Waals surface area contributed by atoms with Crippen LogP contribution in [-0.2, 0) is 0 Å². The van der Waals surface area contributed by atoms with Crippen molar-refractivity contribution in [3.63, 3.8) is 0 Å². The van der Waals surface area contributed by atoms with Crippen LogP contribution in [-0.4, -0.2) is 5.54 Å². The standard InChI is InChI=1S/C22H39N/c23-21-14-13-19-20(22(19,17-21)16-15-21)18-11-9-7-5-3-1-2-4-6-8-10-12-18/h18-20H,1-17,23H2/t19?,20-,21?,22?/m0/s1. The molecule has 0 aromatic carbocycles. The lowest BCUT2D eigenvalue weighted by atomic mass is 9.83. The number of fused-ring (bicyclic) bond motifs is 1. The van der Waals surface area contributed by atoms with E-state index in [-0.39, 0.29) is 5.54 Å². The summed E-state index contributed by atoms with van der Waals surface area (Å²) in [6.07, 6.45) is 25.1. The topological polar surface area (TPSA) is 26.0 Å². The highest BCUT2D eigenvalue weighted by atomic mass is 14.9. The Balaban J connectivity index is 1.38. The van der Waals surface area contributed by atoms with Gasteiger partial charge in [-0.1, -0.05) is 77.0 Å². The van der Waals surface area contributed by atoms with E-state index in [4.69, 9.17) is 5.73 Å². The Hall–Kier alpha value is -0.0400. The van der Waals surface area contributed by atoms with Crippen LogP contribution in [0, 0.1) is 23.2 Å². The first-order chi connectivity index (χ1) is 11.2. The highest BCUT2D eigenvalue weighted by Gasteiger charge is 2.71. The molecule has 4 fully saturated rings. The zero-order valence-corrected chi connectivity index (χ0v) is 15.3. The second kappa shape index (κ2) is 6.70. The maximum Gasteiger partial charge on any atom is 0.0160 e. The summed E-state index contributed by atoms with van der Waals surface area (Å²) in [7, 11) is 0. The molecule has 4 aliphatic rings. The molecule has 4 aliphatic carbocycles. The third kappa shape index (κ3) is 3.24. The molecule has 4 atom stereocenters. The van der Waals surface area contributed by atoms with E-state index in [1.165, 1.54) is 96.3 Å². The average molecular weight is 318 g/mol. The summed E-state index contributed by atoms with van der Waals surface area (Å²) in [5.41, 5.74) is 7.66. The molecule has 0 aliphatic heterocycles. The van der Waals surface area contributed by atoms with E-state index in [1.807, 2.05) is 0 Å². The van der Waals surface area contributed by atoms with Crippen LogP contribution in [0.3, 0.4) is 0 Å². The van der Waals surface area contributed by atoms with E-state index in [1.54, 1.807) is 12.8 Å². The molecule has 0 saturated heterocycles. The first kappa shape index (κ1) is 16.4. The van der Waals surface area contributed by atoms with Crippen LogP contribution in [0.15, 0.2) is 0 Å². The third-order valence-corrected chi connectivity index (χ3v) is 8.36. The molecule has 1 spiro atoms. The number of rotatable bonds is 1. The van der Waals surface area contributed by atoms with Gasteiger partial charge in [-0.2, -0.15) is 0 Å². The highest BCUT2D eigenvalue weighted by Crippen LogP contribution is 2.77. The lowest BCUT2D eigenvalue weighted by Crippen LogP contribution is -2.38. The maximum atomic E-state index is 6.66. The fourth-order valence-electron chi connectivity index (χ4n) is 7.18. The van der Waals surface area contributed by atoms with Gasteiger partial charge in [-0.25, -0.2) is 0 Å². The van der Waals surface area contributed by atoms with Gasteiger partial charge in [0.25, 0.3) is 0 Å². The molecule has 4 rings (SSSR count). The second-order valence-electron chi connectivity index (χ2n) is 9.82. The lowest BCUT2D eigenvalue weighted by molar-refractivity contribution is 0.284. The summed E-state index contributed by atoms with van der Waals surface area (Å²) >= 11 is 0. The van der Waals surface area contributed by atoms with E-state index in [9.17, 15) is 0 Å². The normalized spacial score (nSPS) is 46.3. The van der Waals surface area contributed by atoms with Crippen molar-refractivity contribution < 1.29 is 0 Å². The second-order valence-corrected chi connectivity index (χ2v) is 9.82. The SMILES string of the molecule is NC12CCC3[C@H](C4CCCCCCCCCCCC4)C3(CC1)C2. The van der Waals surface area contributed by atoms with Gasteiger partial charge in [-0.15, -0.1) is 0 Å². The Morgan fingerprint density at radius 3 is 1.78 bits per heavy atom. The first-order valence-electron chi connectivity index (χ1n) is 11.0. The van der Waals surface area contributed by atoms with Crippen molar-refractivity contribution in [3.8, 4) is 0 Å². The molecule has 2 N–H and O–H groups in total. The molecule has 1 heteroatoms. The Morgan fingerprint density at radius 1 is 0.609 bits per heavy atom. The molecule has 3 unspecified atom stereocenters. The van der Waals surface area contributed by atoms with Crippen molar-refractivity contribution in [2.24, 2.45) is 28.9 Å². The van der Waals surface area contributed by atoms with Gasteiger partial charge in [0.15, 0.2) is 0 Å². The van der Waals surface area contributed by atoms with Crippen LogP contribution in [0.1, 0.15) is 109 Å². The minimum Gasteiger partial charge on any atom is -0.325 e. The van der Waals surface area contributed by atoms with Crippen LogP contribution < -0.4 is 5.73 Å². The Morgan fingerprint density at radius 2 is 1.17 bits per heavy atom. The largest absolute Gasteiger partial charge is 0.325 e. The summed E-state index contributed by atoms with van der Waals surface area (Å²) in [6, 6.07) is 0. The number of nitrogens with two attached hydrogens (primary N) is 1. The van der Waals surface area contributed by atoms with Gasteiger partial charge in [-0.3, -0.25) is 0 Å². The summed E-state index contributed by atoms with van der Waals surface area (Å²) in [5.74, 6) is 3.23. The van der Waals surface area contributed by atoms with Crippen molar-refractivity contribution in [1.29, 1.82) is 0 Å². The molecule has 0 radical (unpaired) electrons. The predicted octanol–water partition coefficient (Wildman–Crippen LogP) is 6.21. The van der Waals surface area contributed by atoms with E-state index >= 15 is 0 Å². The predicted molar refractivity (Wildman–Crippen MR) is 98.3 cm³/mol. The molecular weight excluding hydrogens is 278 g/mol. The van der Waals surface area contributed by atoms with Gasteiger partial charge in [-0.05, 0) is 55.3 Å². The smallest absolute Gasteiger partial charge is 0.0160 e. The monoisotopic (exact) mass is 317 g/mol. The van der Waals surface area contributed by atoms with Gasteiger partial charge in [0.2, 0.25) is 0 Å². The Labute approximate surface area is 144 Å². The van der Waals surface area contributed by atoms with Crippen LogP contribution in [0.25, 0.3) is 0 Å². The molecule has 0 heterocycles. The number of hydrogen-bond acceptors (Lipinski definition) is 1. The summed E-state index contributed by atoms with van der Waals surface area (Å²) in [5, 5.41) is 0. The van der Waals surface area contributed by atoms with E-state index in [0.717, 1.165) is 23.2 Å². The van der Waals surface area contributed by atoms with Gasteiger partial charge >= 0.3 is 0 Å². The van der Waals surface area contributed by atoms with Crippen molar-refractivity contribution in [2.45, 2.75) is 115 Å². The van der Waals surface area contributed by atoms with Gasteiger partial charge in [0, 0.05) is 5.54 Å². The quantitative estimate of drug-likeness (QED) is 0.611. The molecule has 23 heavy (non-hydrogen) atoms. The third-order valence-electron chi connectivity index (χ3n) is 8.36. The molecule has 1 nitrogen and oxygen atoms in total. The van der Waals surface area contributed by atoms with Gasteiger partial charge in [0.1, 0.15) is 0 Å². The van der Waals surface area contributed by atoms with E-state index in [0.29, 0.717) is 0 Å². The van der Waals surface area contributed by atoms with Gasteiger partial charge in [0.05, 0.1) is 0 Å². The molecule has 2 bridgehead atoms. The zero-order valence-electron chi connectivity index (χ0n) is 15.3. The van der Waals surface area contributed by atoms with Crippen molar-refractivity contribution in [2.75, 3.05) is 0 Å². The molecule has 0 aromatic heterocycles. The van der Waals surface area contributed by atoms with Crippen LogP contribution in [0.2, 0.25) is 0 Å². The molecular formula is C22H39N. The van der Waals surface area contributed by atoms with Crippen LogP contribution in [0.4, 0.5) is 0 Å². The van der Waals surface area contributed by atoms with Crippen molar-refractivity contribution >= 4 is 0 Å². The molecule has 0 aromatic rings. The van der Waals surface area contributed by atoms with E-state index < -0.39 is 0 Å². The Kier molecular flexibility index (Phi) is 4.78. The maximum absolute atomic E-state index is 6.66. The van der Waals surface area contributed by atoms with E-state index in [2.05, 4.69) is 0 Å². The Bertz CT molecular complexity index is 387. The molecule has 132 valence electrons. The highest BCUT2D eigenvalue weighted by molar-refractivity contribution is 5.22. The van der Waals surface area contributed by atoms with Crippen molar-refractivity contribution in [3.05, 3.63) is 0 Å². The summed E-state index contributed by atoms with van der Waals surface area (Å²) in [4.78, 5) is 0. The fraction of sp³-hybridized carbons (Fsp3) is 1.00. The molecule has 4 saturated carbocycles.